The lowest BCUT2D eigenvalue weighted by atomic mass is 9.66. The van der Waals surface area contributed by atoms with E-state index in [4.69, 9.17) is 15.0 Å². The minimum atomic E-state index is 0.286. The summed E-state index contributed by atoms with van der Waals surface area (Å²) in [5.74, 6) is 3.54. The molecule has 3 atom stereocenters. The highest BCUT2D eigenvalue weighted by atomic mass is 15.0. The summed E-state index contributed by atoms with van der Waals surface area (Å²) in [6, 6.07) is 61.9. The van der Waals surface area contributed by atoms with E-state index in [0.29, 0.717) is 23.0 Å². The van der Waals surface area contributed by atoms with Gasteiger partial charge in [0.05, 0.1) is 22.7 Å². The van der Waals surface area contributed by atoms with Crippen molar-refractivity contribution in [2.45, 2.75) is 44.4 Å². The zero-order chi connectivity index (χ0) is 40.2. The standard InChI is InChI=1S/C55H43N5/c1-55(33-37-11-12-38(31-37)34-55)46-26-21-41(22-27-46)40-17-19-43(20-18-40)53-57-52(42-15-13-36(35-56)14-16-42)58-54(59-53)44-23-28-47(29-24-44)60-50-10-6-5-9-48(50)49-32-45(25-30-51(49)60)39-7-3-2-4-8-39/h2-10,13-30,32,37-38H,11-12,31,33-34H2,1H3/t37-,38+,55?. The van der Waals surface area contributed by atoms with Gasteiger partial charge in [0.2, 0.25) is 0 Å². The van der Waals surface area contributed by atoms with Gasteiger partial charge in [-0.25, -0.2) is 15.0 Å². The van der Waals surface area contributed by atoms with E-state index in [2.05, 4.69) is 163 Å². The maximum absolute atomic E-state index is 9.47. The largest absolute Gasteiger partial charge is 0.309 e. The van der Waals surface area contributed by atoms with Gasteiger partial charge in [0, 0.05) is 33.2 Å². The third kappa shape index (κ3) is 6.46. The Bertz CT molecular complexity index is 3050. The van der Waals surface area contributed by atoms with Gasteiger partial charge in [-0.1, -0.05) is 123 Å². The van der Waals surface area contributed by atoms with Gasteiger partial charge in [0.15, 0.2) is 17.5 Å². The number of para-hydroxylation sites is 1. The van der Waals surface area contributed by atoms with Gasteiger partial charge in [-0.15, -0.1) is 0 Å². The first-order valence-corrected chi connectivity index (χ1v) is 21.2. The fourth-order valence-electron chi connectivity index (χ4n) is 10.3. The molecule has 288 valence electrons. The first-order chi connectivity index (χ1) is 29.5. The molecule has 2 saturated carbocycles. The van der Waals surface area contributed by atoms with E-state index in [1.807, 2.05) is 12.1 Å². The lowest BCUT2D eigenvalue weighted by molar-refractivity contribution is 0.232. The molecule has 0 radical (unpaired) electrons. The van der Waals surface area contributed by atoms with Crippen LogP contribution in [0.3, 0.4) is 0 Å². The average molecular weight is 774 g/mol. The number of fused-ring (bicyclic) bond motifs is 5. The van der Waals surface area contributed by atoms with Crippen molar-refractivity contribution in [3.05, 3.63) is 181 Å². The molecular formula is C55H43N5. The highest BCUT2D eigenvalue weighted by molar-refractivity contribution is 6.10. The monoisotopic (exact) mass is 773 g/mol. The van der Waals surface area contributed by atoms with Crippen LogP contribution in [0, 0.1) is 23.2 Å². The van der Waals surface area contributed by atoms with Crippen LogP contribution in [0.1, 0.15) is 50.2 Å². The Morgan fingerprint density at radius 3 is 1.60 bits per heavy atom. The lowest BCUT2D eigenvalue weighted by Crippen LogP contribution is -2.30. The fraction of sp³-hybridized carbons (Fsp3) is 0.164. The summed E-state index contributed by atoms with van der Waals surface area (Å²) in [4.78, 5) is 15.1. The zero-order valence-corrected chi connectivity index (χ0v) is 33.6. The van der Waals surface area contributed by atoms with E-state index >= 15 is 0 Å². The maximum Gasteiger partial charge on any atom is 0.164 e. The summed E-state index contributed by atoms with van der Waals surface area (Å²) in [6.45, 7) is 2.48. The summed E-state index contributed by atoms with van der Waals surface area (Å²) < 4.78 is 2.33. The van der Waals surface area contributed by atoms with Gasteiger partial charge in [-0.2, -0.15) is 5.26 Å². The van der Waals surface area contributed by atoms with Gasteiger partial charge < -0.3 is 4.57 Å². The summed E-state index contributed by atoms with van der Waals surface area (Å²) in [6.07, 6.45) is 6.89. The van der Waals surface area contributed by atoms with Gasteiger partial charge in [0.25, 0.3) is 0 Å². The predicted octanol–water partition coefficient (Wildman–Crippen LogP) is 13.6. The van der Waals surface area contributed by atoms with Crippen molar-refractivity contribution in [2.24, 2.45) is 11.8 Å². The second-order valence-electron chi connectivity index (χ2n) is 17.2. The van der Waals surface area contributed by atoms with Gasteiger partial charge in [-0.3, -0.25) is 0 Å². The SMILES string of the molecule is CC1(c2ccc(-c3ccc(-c4nc(-c5ccc(C#N)cc5)nc(-c5ccc(-n6c7ccccc7c7cc(-c8ccccc8)ccc76)cc5)n4)cc3)cc2)C[C@@H]2CC[C@@H](C2)C1. The van der Waals surface area contributed by atoms with E-state index in [0.717, 1.165) is 50.8 Å². The normalized spacial score (nSPS) is 18.5. The molecule has 11 rings (SSSR count). The highest BCUT2D eigenvalue weighted by Gasteiger charge is 2.41. The molecule has 1 unspecified atom stereocenters. The summed E-state index contributed by atoms with van der Waals surface area (Å²) in [7, 11) is 0. The zero-order valence-electron chi connectivity index (χ0n) is 33.6. The first kappa shape index (κ1) is 36.0. The number of benzene rings is 7. The molecule has 60 heavy (non-hydrogen) atoms. The lowest BCUT2D eigenvalue weighted by Gasteiger charge is -2.38. The molecule has 9 aromatic rings. The van der Waals surface area contributed by atoms with Crippen LogP contribution >= 0.6 is 0 Å². The molecule has 0 amide bonds. The van der Waals surface area contributed by atoms with Crippen LogP contribution in [0.5, 0.6) is 0 Å². The smallest absolute Gasteiger partial charge is 0.164 e. The van der Waals surface area contributed by atoms with Crippen molar-refractivity contribution in [3.8, 4) is 68.2 Å². The molecule has 7 aromatic carbocycles. The number of hydrogen-bond acceptors (Lipinski definition) is 4. The molecule has 2 aliphatic rings. The van der Waals surface area contributed by atoms with E-state index in [-0.39, 0.29) is 5.41 Å². The maximum atomic E-state index is 9.47. The molecule has 0 spiro atoms. The Balaban J connectivity index is 0.933. The van der Waals surface area contributed by atoms with Crippen LogP contribution in [-0.4, -0.2) is 19.5 Å². The minimum absolute atomic E-state index is 0.286. The molecule has 2 bridgehead atoms. The van der Waals surface area contributed by atoms with E-state index < -0.39 is 0 Å². The molecule has 5 heteroatoms. The molecule has 5 nitrogen and oxygen atoms in total. The van der Waals surface area contributed by atoms with Crippen molar-refractivity contribution in [3.63, 3.8) is 0 Å². The molecule has 2 fully saturated rings. The Hall–Kier alpha value is -7.16. The Morgan fingerprint density at radius 2 is 0.983 bits per heavy atom. The predicted molar refractivity (Wildman–Crippen MR) is 243 cm³/mol. The second kappa shape index (κ2) is 14.6. The number of hydrogen-bond donors (Lipinski definition) is 0. The van der Waals surface area contributed by atoms with Crippen LogP contribution in [-0.2, 0) is 5.41 Å². The molecule has 0 N–H and O–H groups in total. The highest BCUT2D eigenvalue weighted by Crippen LogP contribution is 2.51. The molecule has 2 heterocycles. The molecule has 2 aliphatic carbocycles. The summed E-state index contributed by atoms with van der Waals surface area (Å²) in [5.41, 5.74) is 13.1. The van der Waals surface area contributed by atoms with E-state index in [9.17, 15) is 5.26 Å². The van der Waals surface area contributed by atoms with Gasteiger partial charge >= 0.3 is 0 Å². The van der Waals surface area contributed by atoms with Crippen molar-refractivity contribution in [1.29, 1.82) is 5.26 Å². The number of nitrogens with zero attached hydrogens (tertiary/aromatic N) is 5. The Labute approximate surface area is 350 Å². The minimum Gasteiger partial charge on any atom is -0.309 e. The van der Waals surface area contributed by atoms with Crippen molar-refractivity contribution in [2.75, 3.05) is 0 Å². The Kier molecular flexibility index (Phi) is 8.74. The van der Waals surface area contributed by atoms with Crippen LogP contribution < -0.4 is 0 Å². The number of rotatable bonds is 7. The Morgan fingerprint density at radius 1 is 0.500 bits per heavy atom. The fourth-order valence-corrected chi connectivity index (χ4v) is 10.3. The van der Waals surface area contributed by atoms with Gasteiger partial charge in [-0.05, 0) is 131 Å². The molecule has 0 saturated heterocycles. The number of nitriles is 1. The molecule has 0 aliphatic heterocycles. The third-order valence-electron chi connectivity index (χ3n) is 13.3. The first-order valence-electron chi connectivity index (χ1n) is 21.2. The summed E-state index contributed by atoms with van der Waals surface area (Å²) in [5, 5.41) is 11.9. The van der Waals surface area contributed by atoms with E-state index in [1.54, 1.807) is 12.1 Å². The second-order valence-corrected chi connectivity index (χ2v) is 17.2. The van der Waals surface area contributed by atoms with Crippen LogP contribution in [0.2, 0.25) is 0 Å². The topological polar surface area (TPSA) is 67.4 Å². The molecule has 2 aromatic heterocycles. The van der Waals surface area contributed by atoms with Crippen LogP contribution in [0.25, 0.3) is 83.9 Å². The summed E-state index contributed by atoms with van der Waals surface area (Å²) >= 11 is 0. The third-order valence-corrected chi connectivity index (χ3v) is 13.3. The van der Waals surface area contributed by atoms with Crippen molar-refractivity contribution < 1.29 is 0 Å². The molecular weight excluding hydrogens is 731 g/mol. The van der Waals surface area contributed by atoms with Crippen molar-refractivity contribution in [1.82, 2.24) is 19.5 Å². The van der Waals surface area contributed by atoms with Crippen LogP contribution in [0.15, 0.2) is 170 Å². The van der Waals surface area contributed by atoms with Gasteiger partial charge in [0.1, 0.15) is 0 Å². The van der Waals surface area contributed by atoms with Crippen molar-refractivity contribution >= 4 is 21.8 Å². The van der Waals surface area contributed by atoms with Crippen LogP contribution in [0.4, 0.5) is 0 Å². The van der Waals surface area contributed by atoms with E-state index in [1.165, 1.54) is 65.1 Å². The average Bonchev–Trinajstić information content (AvgIpc) is 3.84. The number of aromatic nitrogens is 4. The quantitative estimate of drug-likeness (QED) is 0.162.